The summed E-state index contributed by atoms with van der Waals surface area (Å²) in [6, 6.07) is 5.10. The lowest BCUT2D eigenvalue weighted by Gasteiger charge is -2.11. The van der Waals surface area contributed by atoms with Gasteiger partial charge in [0.25, 0.3) is 0 Å². The Balaban J connectivity index is 3.02. The molecule has 12 heavy (non-hydrogen) atoms. The van der Waals surface area contributed by atoms with Gasteiger partial charge in [0.1, 0.15) is 11.9 Å². The molecule has 0 spiro atoms. The number of carboxylic acid groups (broad SMARTS) is 1. The Kier molecular flexibility index (Phi) is 2.40. The van der Waals surface area contributed by atoms with E-state index in [4.69, 9.17) is 5.11 Å². The fraction of sp³-hybridized carbons (Fsp3) is 0.125. The van der Waals surface area contributed by atoms with Crippen molar-refractivity contribution in [2.24, 2.45) is 0 Å². The van der Waals surface area contributed by atoms with E-state index in [9.17, 15) is 14.3 Å². The Morgan fingerprint density at radius 1 is 1.50 bits per heavy atom. The lowest BCUT2D eigenvalue weighted by molar-refractivity contribution is -0.315. The highest BCUT2D eigenvalue weighted by atomic mass is 19.1. The standard InChI is InChI=1S/C8H7FO3/c9-6-4-2-1-3-5(6)7(10)8(11)12/h1-4,7,10H,(H,11,12)/p-1/t7-/m0/s1. The topological polar surface area (TPSA) is 60.4 Å². The van der Waals surface area contributed by atoms with Crippen LogP contribution in [0.15, 0.2) is 24.3 Å². The molecule has 0 unspecified atom stereocenters. The predicted molar refractivity (Wildman–Crippen MR) is 36.4 cm³/mol. The van der Waals surface area contributed by atoms with Crippen LogP contribution in [0.4, 0.5) is 4.39 Å². The first-order valence-corrected chi connectivity index (χ1v) is 3.26. The van der Waals surface area contributed by atoms with Crippen LogP contribution in [0.1, 0.15) is 11.7 Å². The summed E-state index contributed by atoms with van der Waals surface area (Å²) < 4.78 is 12.7. The van der Waals surface area contributed by atoms with Crippen molar-refractivity contribution in [3.63, 3.8) is 0 Å². The average Bonchev–Trinajstić information content (AvgIpc) is 2.04. The van der Waals surface area contributed by atoms with E-state index in [0.717, 1.165) is 6.07 Å². The maximum Gasteiger partial charge on any atom is 0.129 e. The molecule has 0 aliphatic rings. The van der Waals surface area contributed by atoms with Gasteiger partial charge in [-0.1, -0.05) is 18.2 Å². The molecular weight excluding hydrogens is 163 g/mol. The maximum atomic E-state index is 12.7. The van der Waals surface area contributed by atoms with Crippen molar-refractivity contribution in [2.45, 2.75) is 6.10 Å². The third-order valence-corrected chi connectivity index (χ3v) is 1.42. The van der Waals surface area contributed by atoms with Gasteiger partial charge in [-0.25, -0.2) is 4.39 Å². The first-order chi connectivity index (χ1) is 5.63. The van der Waals surface area contributed by atoms with E-state index < -0.39 is 17.9 Å². The number of carboxylic acids is 1. The molecule has 1 aromatic rings. The second-order valence-electron chi connectivity index (χ2n) is 2.24. The van der Waals surface area contributed by atoms with Gasteiger partial charge in [-0.3, -0.25) is 0 Å². The van der Waals surface area contributed by atoms with Gasteiger partial charge < -0.3 is 15.0 Å². The molecule has 0 aromatic heterocycles. The summed E-state index contributed by atoms with van der Waals surface area (Å²) >= 11 is 0. The molecule has 0 amide bonds. The van der Waals surface area contributed by atoms with Crippen LogP contribution in [0.5, 0.6) is 0 Å². The minimum Gasteiger partial charge on any atom is -0.547 e. The second-order valence-corrected chi connectivity index (χ2v) is 2.24. The van der Waals surface area contributed by atoms with Crippen molar-refractivity contribution in [1.29, 1.82) is 0 Å². The first-order valence-electron chi connectivity index (χ1n) is 3.26. The number of aliphatic hydroxyl groups is 1. The SMILES string of the molecule is O=C([O-])[C@@H](O)c1ccccc1F. The van der Waals surface area contributed by atoms with Gasteiger partial charge in [0.2, 0.25) is 0 Å². The molecule has 0 aliphatic carbocycles. The predicted octanol–water partition coefficient (Wildman–Crippen LogP) is -0.391. The number of aliphatic hydroxyl groups excluding tert-OH is 1. The molecule has 0 bridgehead atoms. The fourth-order valence-electron chi connectivity index (χ4n) is 0.824. The Bertz CT molecular complexity index is 298. The van der Waals surface area contributed by atoms with Gasteiger partial charge in [0.15, 0.2) is 0 Å². The summed E-state index contributed by atoms with van der Waals surface area (Å²) in [6.07, 6.45) is -1.90. The van der Waals surface area contributed by atoms with Gasteiger partial charge in [-0.2, -0.15) is 0 Å². The molecule has 3 nitrogen and oxygen atoms in total. The Labute approximate surface area is 68.1 Å². The summed E-state index contributed by atoms with van der Waals surface area (Å²) in [4.78, 5) is 10.1. The molecule has 0 fully saturated rings. The van der Waals surface area contributed by atoms with E-state index in [1.165, 1.54) is 18.2 Å². The molecule has 64 valence electrons. The number of hydrogen-bond acceptors (Lipinski definition) is 3. The van der Waals surface area contributed by atoms with Crippen molar-refractivity contribution >= 4 is 5.97 Å². The van der Waals surface area contributed by atoms with Gasteiger partial charge in [-0.15, -0.1) is 0 Å². The number of benzene rings is 1. The van der Waals surface area contributed by atoms with Gasteiger partial charge in [0, 0.05) is 5.56 Å². The lowest BCUT2D eigenvalue weighted by atomic mass is 10.1. The highest BCUT2D eigenvalue weighted by Crippen LogP contribution is 2.15. The number of hydrogen-bond donors (Lipinski definition) is 1. The van der Waals surface area contributed by atoms with E-state index in [0.29, 0.717) is 0 Å². The Morgan fingerprint density at radius 2 is 2.08 bits per heavy atom. The van der Waals surface area contributed by atoms with Crippen LogP contribution in [0.25, 0.3) is 0 Å². The third-order valence-electron chi connectivity index (χ3n) is 1.42. The normalized spacial score (nSPS) is 12.5. The van der Waals surface area contributed by atoms with Crippen molar-refractivity contribution in [3.8, 4) is 0 Å². The van der Waals surface area contributed by atoms with E-state index in [2.05, 4.69) is 0 Å². The van der Waals surface area contributed by atoms with E-state index in [-0.39, 0.29) is 5.56 Å². The number of halogens is 1. The number of carbonyl (C=O) groups excluding carboxylic acids is 1. The number of carbonyl (C=O) groups is 1. The second kappa shape index (κ2) is 3.32. The highest BCUT2D eigenvalue weighted by Gasteiger charge is 2.11. The summed E-state index contributed by atoms with van der Waals surface area (Å²) in [5.74, 6) is -2.46. The lowest BCUT2D eigenvalue weighted by Crippen LogP contribution is -2.30. The summed E-state index contributed by atoms with van der Waals surface area (Å²) in [5, 5.41) is 19.0. The van der Waals surface area contributed by atoms with Crippen molar-refractivity contribution in [3.05, 3.63) is 35.6 Å². The zero-order valence-electron chi connectivity index (χ0n) is 6.03. The summed E-state index contributed by atoms with van der Waals surface area (Å²) in [7, 11) is 0. The van der Waals surface area contributed by atoms with Gasteiger partial charge >= 0.3 is 0 Å². The molecule has 1 atom stereocenters. The largest absolute Gasteiger partial charge is 0.547 e. The van der Waals surface area contributed by atoms with Crippen LogP contribution in [0, 0.1) is 5.82 Å². The molecule has 0 saturated heterocycles. The zero-order valence-corrected chi connectivity index (χ0v) is 6.03. The monoisotopic (exact) mass is 169 g/mol. The van der Waals surface area contributed by atoms with Crippen LogP contribution in [0.3, 0.4) is 0 Å². The molecular formula is C8H6FO3-. The quantitative estimate of drug-likeness (QED) is 0.655. The minimum atomic E-state index is -1.90. The first kappa shape index (κ1) is 8.67. The molecule has 0 heterocycles. The van der Waals surface area contributed by atoms with E-state index in [1.54, 1.807) is 0 Å². The third kappa shape index (κ3) is 1.60. The Morgan fingerprint density at radius 3 is 2.58 bits per heavy atom. The van der Waals surface area contributed by atoms with Crippen LogP contribution < -0.4 is 5.11 Å². The molecule has 1 N–H and O–H groups in total. The van der Waals surface area contributed by atoms with Gasteiger partial charge in [0.05, 0.1) is 5.97 Å². The number of rotatable bonds is 2. The van der Waals surface area contributed by atoms with Crippen LogP contribution in [-0.4, -0.2) is 11.1 Å². The van der Waals surface area contributed by atoms with Crippen molar-refractivity contribution in [1.82, 2.24) is 0 Å². The minimum absolute atomic E-state index is 0.280. The summed E-state index contributed by atoms with van der Waals surface area (Å²) in [6.45, 7) is 0. The van der Waals surface area contributed by atoms with Gasteiger partial charge in [-0.05, 0) is 6.07 Å². The maximum absolute atomic E-state index is 12.7. The van der Waals surface area contributed by atoms with E-state index in [1.807, 2.05) is 0 Å². The zero-order chi connectivity index (χ0) is 9.14. The molecule has 1 rings (SSSR count). The van der Waals surface area contributed by atoms with E-state index >= 15 is 0 Å². The van der Waals surface area contributed by atoms with Crippen LogP contribution in [-0.2, 0) is 4.79 Å². The van der Waals surface area contributed by atoms with Crippen molar-refractivity contribution in [2.75, 3.05) is 0 Å². The van der Waals surface area contributed by atoms with Crippen LogP contribution >= 0.6 is 0 Å². The fourth-order valence-corrected chi connectivity index (χ4v) is 0.824. The molecule has 4 heteroatoms. The molecule has 0 saturated carbocycles. The van der Waals surface area contributed by atoms with Crippen molar-refractivity contribution < 1.29 is 19.4 Å². The highest BCUT2D eigenvalue weighted by molar-refractivity contribution is 5.71. The number of aliphatic carboxylic acids is 1. The average molecular weight is 169 g/mol. The Hall–Kier alpha value is -1.42. The molecule has 0 aliphatic heterocycles. The van der Waals surface area contributed by atoms with Crippen LogP contribution in [0.2, 0.25) is 0 Å². The molecule has 1 aromatic carbocycles. The molecule has 0 radical (unpaired) electrons. The summed E-state index contributed by atoms with van der Waals surface area (Å²) in [5.41, 5.74) is -0.280. The smallest absolute Gasteiger partial charge is 0.129 e.